The van der Waals surface area contributed by atoms with Crippen molar-refractivity contribution in [2.45, 2.75) is 37.4 Å². The zero-order chi connectivity index (χ0) is 16.1. The predicted molar refractivity (Wildman–Crippen MR) is 84.3 cm³/mol. The van der Waals surface area contributed by atoms with E-state index in [-0.39, 0.29) is 17.6 Å². The lowest BCUT2D eigenvalue weighted by atomic mass is 9.88. The molecule has 3 heterocycles. The summed E-state index contributed by atoms with van der Waals surface area (Å²) in [6, 6.07) is 5.65. The molecule has 23 heavy (non-hydrogen) atoms. The molecule has 0 radical (unpaired) electrons. The topological polar surface area (TPSA) is 60.9 Å². The highest BCUT2D eigenvalue weighted by atomic mass is 16.6. The molecule has 6 heteroatoms. The van der Waals surface area contributed by atoms with E-state index in [1.165, 1.54) is 0 Å². The van der Waals surface area contributed by atoms with Gasteiger partial charge in [-0.1, -0.05) is 6.07 Å². The molecule has 2 saturated heterocycles. The zero-order valence-corrected chi connectivity index (χ0v) is 13.6. The average Bonchev–Trinajstić information content (AvgIpc) is 2.96. The number of rotatable bonds is 5. The van der Waals surface area contributed by atoms with Crippen LogP contribution in [0.25, 0.3) is 0 Å². The summed E-state index contributed by atoms with van der Waals surface area (Å²) in [4.78, 5) is 18.2. The number of piperidine rings is 1. The molecule has 1 aromatic heterocycles. The molecule has 1 amide bonds. The molecule has 0 saturated carbocycles. The average molecular weight is 320 g/mol. The van der Waals surface area contributed by atoms with E-state index < -0.39 is 0 Å². The fourth-order valence-electron chi connectivity index (χ4n) is 3.33. The molecule has 1 atom stereocenters. The van der Waals surface area contributed by atoms with Gasteiger partial charge in [0.15, 0.2) is 0 Å². The molecule has 0 N–H and O–H groups in total. The zero-order valence-electron chi connectivity index (χ0n) is 13.6. The lowest BCUT2D eigenvalue weighted by Gasteiger charge is -2.38. The molecule has 2 aliphatic rings. The molecule has 1 aromatic rings. The van der Waals surface area contributed by atoms with E-state index in [9.17, 15) is 4.79 Å². The van der Waals surface area contributed by atoms with E-state index >= 15 is 0 Å². The first-order valence-electron chi connectivity index (χ1n) is 8.19. The Balaban J connectivity index is 1.48. The number of methoxy groups -OCH3 is 1. The highest BCUT2D eigenvalue weighted by molar-refractivity contribution is 5.76. The second-order valence-electron chi connectivity index (χ2n) is 6.23. The number of likely N-dealkylation sites (tertiary alicyclic amines) is 1. The van der Waals surface area contributed by atoms with Gasteiger partial charge < -0.3 is 19.1 Å². The largest absolute Gasteiger partial charge is 0.472 e. The molecule has 126 valence electrons. The molecule has 0 bridgehead atoms. The van der Waals surface area contributed by atoms with Crippen molar-refractivity contribution in [2.24, 2.45) is 0 Å². The SMILES string of the molecule is COCCC(=O)N1CCC2(CC1)C[C@H](Oc1ccccn1)CO2. The fourth-order valence-corrected chi connectivity index (χ4v) is 3.33. The van der Waals surface area contributed by atoms with Gasteiger partial charge in [0.25, 0.3) is 0 Å². The number of pyridine rings is 1. The second-order valence-corrected chi connectivity index (χ2v) is 6.23. The van der Waals surface area contributed by atoms with Crippen LogP contribution in [0.1, 0.15) is 25.7 Å². The van der Waals surface area contributed by atoms with Crippen molar-refractivity contribution in [1.82, 2.24) is 9.88 Å². The number of carbonyl (C=O) groups is 1. The summed E-state index contributed by atoms with van der Waals surface area (Å²) in [7, 11) is 1.62. The van der Waals surface area contributed by atoms with E-state index in [1.807, 2.05) is 23.1 Å². The van der Waals surface area contributed by atoms with Gasteiger partial charge in [0.2, 0.25) is 11.8 Å². The van der Waals surface area contributed by atoms with Crippen molar-refractivity contribution in [3.8, 4) is 5.88 Å². The number of nitrogens with zero attached hydrogens (tertiary/aromatic N) is 2. The van der Waals surface area contributed by atoms with Crippen molar-refractivity contribution in [3.05, 3.63) is 24.4 Å². The quantitative estimate of drug-likeness (QED) is 0.825. The van der Waals surface area contributed by atoms with Gasteiger partial charge in [0.05, 0.1) is 25.2 Å². The molecule has 1 spiro atoms. The normalized spacial score (nSPS) is 23.2. The monoisotopic (exact) mass is 320 g/mol. The van der Waals surface area contributed by atoms with Crippen molar-refractivity contribution in [1.29, 1.82) is 0 Å². The van der Waals surface area contributed by atoms with Crippen LogP contribution in [-0.2, 0) is 14.3 Å². The van der Waals surface area contributed by atoms with Gasteiger partial charge in [-0.3, -0.25) is 4.79 Å². The van der Waals surface area contributed by atoms with Gasteiger partial charge in [-0.15, -0.1) is 0 Å². The van der Waals surface area contributed by atoms with E-state index in [1.54, 1.807) is 13.3 Å². The van der Waals surface area contributed by atoms with E-state index in [4.69, 9.17) is 14.2 Å². The first-order chi connectivity index (χ1) is 11.2. The summed E-state index contributed by atoms with van der Waals surface area (Å²) in [5.74, 6) is 0.811. The minimum Gasteiger partial charge on any atom is -0.472 e. The molecule has 2 fully saturated rings. The van der Waals surface area contributed by atoms with Crippen LogP contribution in [0.4, 0.5) is 0 Å². The lowest BCUT2D eigenvalue weighted by Crippen LogP contribution is -2.46. The summed E-state index contributed by atoms with van der Waals surface area (Å²) in [6.07, 6.45) is 4.83. The second kappa shape index (κ2) is 7.27. The number of ether oxygens (including phenoxy) is 3. The Morgan fingerprint density at radius 1 is 1.43 bits per heavy atom. The van der Waals surface area contributed by atoms with Crippen molar-refractivity contribution < 1.29 is 19.0 Å². The van der Waals surface area contributed by atoms with Crippen LogP contribution < -0.4 is 4.74 Å². The summed E-state index contributed by atoms with van der Waals surface area (Å²) >= 11 is 0. The Kier molecular flexibility index (Phi) is 5.13. The molecule has 0 unspecified atom stereocenters. The van der Waals surface area contributed by atoms with Gasteiger partial charge in [0.1, 0.15) is 6.10 Å². The third-order valence-electron chi connectivity index (χ3n) is 4.65. The van der Waals surface area contributed by atoms with E-state index in [2.05, 4.69) is 4.98 Å². The van der Waals surface area contributed by atoms with Gasteiger partial charge in [-0.05, 0) is 18.9 Å². The van der Waals surface area contributed by atoms with Crippen LogP contribution in [0.3, 0.4) is 0 Å². The van der Waals surface area contributed by atoms with Crippen LogP contribution in [0, 0.1) is 0 Å². The summed E-state index contributed by atoms with van der Waals surface area (Å²) in [6.45, 7) is 2.57. The maximum absolute atomic E-state index is 12.0. The van der Waals surface area contributed by atoms with Crippen LogP contribution in [0.2, 0.25) is 0 Å². The first-order valence-corrected chi connectivity index (χ1v) is 8.19. The maximum atomic E-state index is 12.0. The minimum absolute atomic E-state index is 0.0423. The molecule has 0 aromatic carbocycles. The third-order valence-corrected chi connectivity index (χ3v) is 4.65. The highest BCUT2D eigenvalue weighted by Crippen LogP contribution is 2.37. The van der Waals surface area contributed by atoms with Crippen LogP contribution in [0.5, 0.6) is 5.88 Å². The van der Waals surface area contributed by atoms with Crippen molar-refractivity contribution in [3.63, 3.8) is 0 Å². The van der Waals surface area contributed by atoms with Crippen LogP contribution in [0.15, 0.2) is 24.4 Å². The smallest absolute Gasteiger partial charge is 0.224 e. The summed E-state index contributed by atoms with van der Waals surface area (Å²) in [5.41, 5.74) is -0.141. The fraction of sp³-hybridized carbons (Fsp3) is 0.647. The van der Waals surface area contributed by atoms with Crippen molar-refractivity contribution >= 4 is 5.91 Å². The minimum atomic E-state index is -0.141. The lowest BCUT2D eigenvalue weighted by molar-refractivity contribution is -0.136. The number of aromatic nitrogens is 1. The highest BCUT2D eigenvalue weighted by Gasteiger charge is 2.44. The summed E-state index contributed by atoms with van der Waals surface area (Å²) < 4.78 is 16.9. The molecule has 3 rings (SSSR count). The number of amides is 1. The Bertz CT molecular complexity index is 515. The van der Waals surface area contributed by atoms with Crippen LogP contribution >= 0.6 is 0 Å². The molecule has 0 aliphatic carbocycles. The maximum Gasteiger partial charge on any atom is 0.224 e. The van der Waals surface area contributed by atoms with Crippen molar-refractivity contribution in [2.75, 3.05) is 33.4 Å². The molecular formula is C17H24N2O4. The van der Waals surface area contributed by atoms with E-state index in [0.717, 1.165) is 32.4 Å². The molecular weight excluding hydrogens is 296 g/mol. The first kappa shape index (κ1) is 16.2. The van der Waals surface area contributed by atoms with E-state index in [0.29, 0.717) is 25.5 Å². The molecule has 6 nitrogen and oxygen atoms in total. The Morgan fingerprint density at radius 2 is 2.26 bits per heavy atom. The Labute approximate surface area is 136 Å². The number of hydrogen-bond acceptors (Lipinski definition) is 5. The standard InChI is InChI=1S/C17H24N2O4/c1-21-11-5-16(20)19-9-6-17(7-10-19)12-14(13-22-17)23-15-4-2-3-8-18-15/h2-4,8,14H,5-7,9-13H2,1H3/t14-/m0/s1. The van der Waals surface area contributed by atoms with Gasteiger partial charge >= 0.3 is 0 Å². The third kappa shape index (κ3) is 4.00. The van der Waals surface area contributed by atoms with Crippen LogP contribution in [-0.4, -0.2) is 60.9 Å². The Morgan fingerprint density at radius 3 is 2.96 bits per heavy atom. The number of carbonyl (C=O) groups excluding carboxylic acids is 1. The molecule has 2 aliphatic heterocycles. The summed E-state index contributed by atoms with van der Waals surface area (Å²) in [5, 5.41) is 0. The van der Waals surface area contributed by atoms with Gasteiger partial charge in [-0.2, -0.15) is 0 Å². The Hall–Kier alpha value is -1.66. The number of hydrogen-bond donors (Lipinski definition) is 0. The van der Waals surface area contributed by atoms with Gasteiger partial charge in [-0.25, -0.2) is 4.98 Å². The van der Waals surface area contributed by atoms with Gasteiger partial charge in [0, 0.05) is 38.9 Å². The predicted octanol–water partition coefficient (Wildman–Crippen LogP) is 1.65.